The van der Waals surface area contributed by atoms with E-state index in [0.717, 1.165) is 12.2 Å². The Kier molecular flexibility index (Phi) is 5.43. The van der Waals surface area contributed by atoms with Gasteiger partial charge in [-0.2, -0.15) is 11.8 Å². The molecule has 0 aromatic carbocycles. The van der Waals surface area contributed by atoms with Crippen LogP contribution in [0.5, 0.6) is 0 Å². The van der Waals surface area contributed by atoms with Gasteiger partial charge in [-0.1, -0.05) is 6.92 Å². The van der Waals surface area contributed by atoms with Crippen LogP contribution in [0.2, 0.25) is 0 Å². The number of thioether (sulfide) groups is 1. The Morgan fingerprint density at radius 1 is 1.71 bits per heavy atom. The Bertz CT molecular complexity index is 380. The molecule has 7 heteroatoms. The number of hydrogen-bond acceptors (Lipinski definition) is 5. The first kappa shape index (κ1) is 14.0. The molecule has 2 N–H and O–H groups in total. The van der Waals surface area contributed by atoms with Crippen LogP contribution in [-0.4, -0.2) is 32.0 Å². The van der Waals surface area contributed by atoms with Crippen LogP contribution in [0, 0.1) is 17.0 Å². The fourth-order valence-corrected chi connectivity index (χ4v) is 2.53. The van der Waals surface area contributed by atoms with Crippen LogP contribution < -0.4 is 5.73 Å². The number of aryl methyl sites for hydroxylation is 1. The maximum absolute atomic E-state index is 10.8. The van der Waals surface area contributed by atoms with Gasteiger partial charge in [-0.05, 0) is 17.9 Å². The van der Waals surface area contributed by atoms with E-state index in [4.69, 9.17) is 5.73 Å². The minimum atomic E-state index is -0.395. The molecule has 0 saturated carbocycles. The van der Waals surface area contributed by atoms with Gasteiger partial charge in [0.05, 0.1) is 0 Å². The average molecular weight is 258 g/mol. The number of aromatic nitrogens is 2. The van der Waals surface area contributed by atoms with Gasteiger partial charge in [-0.15, -0.1) is 0 Å². The molecule has 6 nitrogen and oxygen atoms in total. The maximum Gasteiger partial charge on any atom is 0.342 e. The van der Waals surface area contributed by atoms with E-state index in [1.54, 1.807) is 23.3 Å². The predicted octanol–water partition coefficient (Wildman–Crippen LogP) is 1.57. The molecule has 0 fully saturated rings. The molecule has 17 heavy (non-hydrogen) atoms. The van der Waals surface area contributed by atoms with Crippen LogP contribution in [0.1, 0.15) is 19.2 Å². The highest BCUT2D eigenvalue weighted by atomic mass is 32.2. The lowest BCUT2D eigenvalue weighted by atomic mass is 10.3. The first-order valence-electron chi connectivity index (χ1n) is 5.54. The molecule has 0 aliphatic rings. The number of rotatable bonds is 7. The Hall–Kier alpha value is -1.08. The molecule has 0 saturated heterocycles. The van der Waals surface area contributed by atoms with Crippen molar-refractivity contribution >= 4 is 17.6 Å². The molecule has 1 aromatic heterocycles. The zero-order valence-corrected chi connectivity index (χ0v) is 10.9. The number of hydrogen-bond donors (Lipinski definition) is 1. The van der Waals surface area contributed by atoms with Crippen molar-refractivity contribution in [2.75, 3.05) is 12.3 Å². The molecule has 1 rings (SSSR count). The molecule has 96 valence electrons. The largest absolute Gasteiger partial charge is 0.358 e. The van der Waals surface area contributed by atoms with Gasteiger partial charge in [0.2, 0.25) is 0 Å². The van der Waals surface area contributed by atoms with Gasteiger partial charge in [-0.3, -0.25) is 0 Å². The van der Waals surface area contributed by atoms with Crippen molar-refractivity contribution < 1.29 is 4.92 Å². The standard InChI is InChI=1S/C10H18N4O2S/c1-8(3-4-11)17-6-5-13-9(2)12-7-10(13)14(15)16/h7-8H,3-6,11H2,1-2H3. The summed E-state index contributed by atoms with van der Waals surface area (Å²) in [7, 11) is 0. The van der Waals surface area contributed by atoms with Crippen LogP contribution in [-0.2, 0) is 6.54 Å². The fourth-order valence-electron chi connectivity index (χ4n) is 1.54. The zero-order valence-electron chi connectivity index (χ0n) is 10.1. The van der Waals surface area contributed by atoms with Gasteiger partial charge < -0.3 is 15.8 Å². The highest BCUT2D eigenvalue weighted by Crippen LogP contribution is 2.17. The second kappa shape index (κ2) is 6.61. The van der Waals surface area contributed by atoms with Crippen molar-refractivity contribution in [2.45, 2.75) is 32.1 Å². The lowest BCUT2D eigenvalue weighted by Crippen LogP contribution is -2.11. The summed E-state index contributed by atoms with van der Waals surface area (Å²) < 4.78 is 1.64. The summed E-state index contributed by atoms with van der Waals surface area (Å²) in [6.07, 6.45) is 2.28. The van der Waals surface area contributed by atoms with Gasteiger partial charge in [0.25, 0.3) is 0 Å². The van der Waals surface area contributed by atoms with Gasteiger partial charge in [0.1, 0.15) is 12.7 Å². The monoisotopic (exact) mass is 258 g/mol. The lowest BCUT2D eigenvalue weighted by Gasteiger charge is -2.09. The second-order valence-corrected chi connectivity index (χ2v) is 5.38. The molecule has 0 aliphatic carbocycles. The van der Waals surface area contributed by atoms with Crippen molar-refractivity contribution in [1.29, 1.82) is 0 Å². The van der Waals surface area contributed by atoms with Crippen molar-refractivity contribution in [3.8, 4) is 0 Å². The quantitative estimate of drug-likeness (QED) is 0.592. The Balaban J connectivity index is 2.51. The summed E-state index contributed by atoms with van der Waals surface area (Å²) in [6, 6.07) is 0. The van der Waals surface area contributed by atoms with Crippen LogP contribution >= 0.6 is 11.8 Å². The summed E-state index contributed by atoms with van der Waals surface area (Å²) in [4.78, 5) is 14.3. The molecular weight excluding hydrogens is 240 g/mol. The predicted molar refractivity (Wildman–Crippen MR) is 69.2 cm³/mol. The first-order valence-corrected chi connectivity index (χ1v) is 6.59. The molecule has 1 aromatic rings. The third-order valence-corrected chi connectivity index (χ3v) is 3.73. The van der Waals surface area contributed by atoms with Crippen LogP contribution in [0.15, 0.2) is 6.20 Å². The first-order chi connectivity index (χ1) is 8.06. The van der Waals surface area contributed by atoms with Crippen molar-refractivity contribution in [3.63, 3.8) is 0 Å². The Labute approximate surface area is 105 Å². The number of nitrogens with two attached hydrogens (primary N) is 1. The fraction of sp³-hybridized carbons (Fsp3) is 0.700. The summed E-state index contributed by atoms with van der Waals surface area (Å²) >= 11 is 1.78. The maximum atomic E-state index is 10.8. The summed E-state index contributed by atoms with van der Waals surface area (Å²) in [5.74, 6) is 1.58. The smallest absolute Gasteiger partial charge is 0.342 e. The molecule has 0 spiro atoms. The van der Waals surface area contributed by atoms with E-state index in [0.29, 0.717) is 24.2 Å². The van der Waals surface area contributed by atoms with Crippen molar-refractivity contribution in [3.05, 3.63) is 22.1 Å². The van der Waals surface area contributed by atoms with Gasteiger partial charge in [-0.25, -0.2) is 9.55 Å². The normalized spacial score (nSPS) is 12.6. The van der Waals surface area contributed by atoms with Crippen LogP contribution in [0.4, 0.5) is 5.82 Å². The molecule has 1 heterocycles. The van der Waals surface area contributed by atoms with Crippen LogP contribution in [0.3, 0.4) is 0 Å². The molecule has 0 bridgehead atoms. The average Bonchev–Trinajstić information content (AvgIpc) is 2.61. The molecule has 1 atom stereocenters. The zero-order chi connectivity index (χ0) is 12.8. The molecular formula is C10H18N4O2S. The van der Waals surface area contributed by atoms with Crippen molar-refractivity contribution in [2.24, 2.45) is 5.73 Å². The second-order valence-electron chi connectivity index (χ2n) is 3.83. The summed E-state index contributed by atoms with van der Waals surface area (Å²) in [5.41, 5.74) is 5.47. The number of imidazole rings is 1. The van der Waals surface area contributed by atoms with E-state index in [1.165, 1.54) is 6.20 Å². The Morgan fingerprint density at radius 2 is 2.41 bits per heavy atom. The van der Waals surface area contributed by atoms with E-state index in [9.17, 15) is 10.1 Å². The molecule has 0 radical (unpaired) electrons. The van der Waals surface area contributed by atoms with Gasteiger partial charge >= 0.3 is 5.82 Å². The minimum absolute atomic E-state index is 0.0644. The summed E-state index contributed by atoms with van der Waals surface area (Å²) in [6.45, 7) is 5.19. The topological polar surface area (TPSA) is 87.0 Å². The Morgan fingerprint density at radius 3 is 3.00 bits per heavy atom. The molecule has 0 amide bonds. The molecule has 0 aliphatic heterocycles. The third-order valence-electron chi connectivity index (χ3n) is 2.51. The number of nitrogens with zero attached hydrogens (tertiary/aromatic N) is 3. The van der Waals surface area contributed by atoms with E-state index in [-0.39, 0.29) is 5.82 Å². The highest BCUT2D eigenvalue weighted by Gasteiger charge is 2.16. The van der Waals surface area contributed by atoms with E-state index in [2.05, 4.69) is 11.9 Å². The SMILES string of the molecule is Cc1ncc([N+](=O)[O-])n1CCSC(C)CCN. The number of nitro groups is 1. The van der Waals surface area contributed by atoms with Crippen molar-refractivity contribution in [1.82, 2.24) is 9.55 Å². The van der Waals surface area contributed by atoms with Gasteiger partial charge in [0, 0.05) is 17.9 Å². The lowest BCUT2D eigenvalue weighted by molar-refractivity contribution is -0.392. The van der Waals surface area contributed by atoms with Crippen LogP contribution in [0.25, 0.3) is 0 Å². The molecule has 1 unspecified atom stereocenters. The van der Waals surface area contributed by atoms with Gasteiger partial charge in [0.15, 0.2) is 5.82 Å². The van der Waals surface area contributed by atoms with E-state index >= 15 is 0 Å². The third kappa shape index (κ3) is 4.01. The highest BCUT2D eigenvalue weighted by molar-refractivity contribution is 7.99. The van der Waals surface area contributed by atoms with E-state index in [1.807, 2.05) is 0 Å². The minimum Gasteiger partial charge on any atom is -0.358 e. The van der Waals surface area contributed by atoms with E-state index < -0.39 is 4.92 Å². The summed E-state index contributed by atoms with van der Waals surface area (Å²) in [5, 5.41) is 11.2.